The molecular weight excluding hydrogens is 198 g/mol. The molecule has 1 aliphatic carbocycles. The van der Waals surface area contributed by atoms with Crippen LogP contribution in [-0.2, 0) is 0 Å². The van der Waals surface area contributed by atoms with E-state index >= 15 is 0 Å². The van der Waals surface area contributed by atoms with Crippen molar-refractivity contribution in [2.24, 2.45) is 0 Å². The molecule has 1 N–H and O–H groups in total. The third kappa shape index (κ3) is 2.43. The molecule has 1 saturated heterocycles. The molecule has 2 rings (SSSR count). The molecule has 4 atom stereocenters. The van der Waals surface area contributed by atoms with E-state index in [9.17, 15) is 5.11 Å². The largest absolute Gasteiger partial charge is 0.391 e. The molecule has 0 radical (unpaired) electrons. The van der Waals surface area contributed by atoms with E-state index in [-0.39, 0.29) is 6.10 Å². The minimum absolute atomic E-state index is 0.0721. The third-order valence-corrected chi connectivity index (χ3v) is 4.65. The first-order valence-electron chi connectivity index (χ1n) is 7.19. The number of hydrogen-bond donors (Lipinski definition) is 1. The fourth-order valence-corrected chi connectivity index (χ4v) is 3.72. The highest BCUT2D eigenvalue weighted by Gasteiger charge is 2.37. The molecule has 1 aliphatic heterocycles. The van der Waals surface area contributed by atoms with Crippen molar-refractivity contribution in [3.63, 3.8) is 0 Å². The Morgan fingerprint density at radius 2 is 1.81 bits per heavy atom. The summed E-state index contributed by atoms with van der Waals surface area (Å²) in [5, 5.41) is 10.3. The topological polar surface area (TPSA) is 23.5 Å². The normalized spacial score (nSPS) is 42.2. The van der Waals surface area contributed by atoms with Crippen molar-refractivity contribution in [3.05, 3.63) is 0 Å². The van der Waals surface area contributed by atoms with Gasteiger partial charge in [0.25, 0.3) is 0 Å². The molecule has 2 nitrogen and oxygen atoms in total. The second-order valence-electron chi connectivity index (χ2n) is 5.71. The van der Waals surface area contributed by atoms with Crippen LogP contribution in [-0.4, -0.2) is 34.2 Å². The zero-order valence-corrected chi connectivity index (χ0v) is 10.9. The lowest BCUT2D eigenvalue weighted by Crippen LogP contribution is -2.48. The smallest absolute Gasteiger partial charge is 0.0695 e. The van der Waals surface area contributed by atoms with Crippen LogP contribution in [0.15, 0.2) is 0 Å². The van der Waals surface area contributed by atoms with Crippen LogP contribution in [0, 0.1) is 0 Å². The van der Waals surface area contributed by atoms with Gasteiger partial charge in [-0.05, 0) is 39.0 Å². The molecule has 2 aliphatic rings. The van der Waals surface area contributed by atoms with E-state index in [0.29, 0.717) is 12.1 Å². The molecule has 16 heavy (non-hydrogen) atoms. The molecule has 1 heterocycles. The van der Waals surface area contributed by atoms with Gasteiger partial charge in [-0.25, -0.2) is 0 Å². The van der Waals surface area contributed by atoms with Gasteiger partial charge in [-0.3, -0.25) is 4.90 Å². The van der Waals surface area contributed by atoms with E-state index in [0.717, 1.165) is 12.5 Å². The predicted molar refractivity (Wildman–Crippen MR) is 67.5 cm³/mol. The van der Waals surface area contributed by atoms with E-state index in [4.69, 9.17) is 0 Å². The fourth-order valence-electron chi connectivity index (χ4n) is 3.72. The molecule has 0 spiro atoms. The SMILES string of the molecule is CCC1CCC(C)N1C1CCCCCC1O. The van der Waals surface area contributed by atoms with Crippen LogP contribution in [0.5, 0.6) is 0 Å². The summed E-state index contributed by atoms with van der Waals surface area (Å²) in [6.45, 7) is 4.63. The van der Waals surface area contributed by atoms with Crippen molar-refractivity contribution in [1.82, 2.24) is 4.90 Å². The van der Waals surface area contributed by atoms with Crippen molar-refractivity contribution in [2.45, 2.75) is 89.4 Å². The first-order chi connectivity index (χ1) is 7.74. The first kappa shape index (κ1) is 12.4. The maximum Gasteiger partial charge on any atom is 0.0695 e. The van der Waals surface area contributed by atoms with Crippen molar-refractivity contribution in [1.29, 1.82) is 0 Å². The van der Waals surface area contributed by atoms with Gasteiger partial charge in [0.1, 0.15) is 0 Å². The molecule has 2 fully saturated rings. The van der Waals surface area contributed by atoms with Gasteiger partial charge in [-0.2, -0.15) is 0 Å². The Bertz CT molecular complexity index is 219. The number of hydrogen-bond acceptors (Lipinski definition) is 2. The number of likely N-dealkylation sites (tertiary alicyclic amines) is 1. The summed E-state index contributed by atoms with van der Waals surface area (Å²) in [4.78, 5) is 2.65. The minimum atomic E-state index is -0.0721. The molecular formula is C14H27NO. The maximum atomic E-state index is 10.3. The number of aliphatic hydroxyl groups is 1. The van der Waals surface area contributed by atoms with E-state index in [2.05, 4.69) is 18.7 Å². The van der Waals surface area contributed by atoms with Crippen molar-refractivity contribution in [2.75, 3.05) is 0 Å². The van der Waals surface area contributed by atoms with Crippen molar-refractivity contribution < 1.29 is 5.11 Å². The van der Waals surface area contributed by atoms with Gasteiger partial charge >= 0.3 is 0 Å². The summed E-state index contributed by atoms with van der Waals surface area (Å²) in [5.74, 6) is 0. The number of aliphatic hydroxyl groups excluding tert-OH is 1. The molecule has 0 aromatic heterocycles. The Hall–Kier alpha value is -0.0800. The molecule has 0 amide bonds. The summed E-state index contributed by atoms with van der Waals surface area (Å²) in [6, 6.07) is 1.86. The van der Waals surface area contributed by atoms with Crippen LogP contribution in [0.3, 0.4) is 0 Å². The lowest BCUT2D eigenvalue weighted by Gasteiger charge is -2.38. The van der Waals surface area contributed by atoms with Crippen LogP contribution < -0.4 is 0 Å². The molecule has 2 heteroatoms. The monoisotopic (exact) mass is 225 g/mol. The zero-order valence-electron chi connectivity index (χ0n) is 10.9. The van der Waals surface area contributed by atoms with Gasteiger partial charge < -0.3 is 5.11 Å². The summed E-state index contributed by atoms with van der Waals surface area (Å²) >= 11 is 0. The summed E-state index contributed by atoms with van der Waals surface area (Å²) < 4.78 is 0. The average molecular weight is 225 g/mol. The molecule has 1 saturated carbocycles. The Kier molecular flexibility index (Phi) is 4.26. The Balaban J connectivity index is 2.07. The van der Waals surface area contributed by atoms with Crippen molar-refractivity contribution in [3.8, 4) is 0 Å². The van der Waals surface area contributed by atoms with Crippen LogP contribution >= 0.6 is 0 Å². The molecule has 4 unspecified atom stereocenters. The summed E-state index contributed by atoms with van der Waals surface area (Å²) in [5.41, 5.74) is 0. The van der Waals surface area contributed by atoms with Gasteiger partial charge in [0.2, 0.25) is 0 Å². The lowest BCUT2D eigenvalue weighted by molar-refractivity contribution is 0.0182. The van der Waals surface area contributed by atoms with Gasteiger partial charge in [-0.1, -0.05) is 26.2 Å². The maximum absolute atomic E-state index is 10.3. The highest BCUT2D eigenvalue weighted by atomic mass is 16.3. The lowest BCUT2D eigenvalue weighted by atomic mass is 10.0. The highest BCUT2D eigenvalue weighted by Crippen LogP contribution is 2.33. The van der Waals surface area contributed by atoms with E-state index in [1.54, 1.807) is 0 Å². The summed E-state index contributed by atoms with van der Waals surface area (Å²) in [6.07, 6.45) is 9.89. The number of nitrogens with zero attached hydrogens (tertiary/aromatic N) is 1. The predicted octanol–water partition coefficient (Wildman–Crippen LogP) is 2.94. The first-order valence-corrected chi connectivity index (χ1v) is 7.19. The molecule has 0 aromatic carbocycles. The van der Waals surface area contributed by atoms with Crippen LogP contribution in [0.2, 0.25) is 0 Å². The Morgan fingerprint density at radius 1 is 1.06 bits per heavy atom. The van der Waals surface area contributed by atoms with E-state index < -0.39 is 0 Å². The second kappa shape index (κ2) is 5.50. The fraction of sp³-hybridized carbons (Fsp3) is 1.00. The van der Waals surface area contributed by atoms with Crippen LogP contribution in [0.4, 0.5) is 0 Å². The average Bonchev–Trinajstić information content (AvgIpc) is 2.51. The highest BCUT2D eigenvalue weighted by molar-refractivity contribution is 4.93. The van der Waals surface area contributed by atoms with Gasteiger partial charge in [-0.15, -0.1) is 0 Å². The van der Waals surface area contributed by atoms with Crippen LogP contribution in [0.1, 0.15) is 65.2 Å². The van der Waals surface area contributed by atoms with Gasteiger partial charge in [0, 0.05) is 18.1 Å². The quantitative estimate of drug-likeness (QED) is 0.730. The Labute approximate surface area is 100 Å². The minimum Gasteiger partial charge on any atom is -0.391 e. The van der Waals surface area contributed by atoms with E-state index in [1.807, 2.05) is 0 Å². The van der Waals surface area contributed by atoms with Crippen molar-refractivity contribution >= 4 is 0 Å². The van der Waals surface area contributed by atoms with Gasteiger partial charge in [0.15, 0.2) is 0 Å². The Morgan fingerprint density at radius 3 is 2.56 bits per heavy atom. The molecule has 94 valence electrons. The van der Waals surface area contributed by atoms with Gasteiger partial charge in [0.05, 0.1) is 6.10 Å². The van der Waals surface area contributed by atoms with E-state index in [1.165, 1.54) is 44.9 Å². The molecule has 0 bridgehead atoms. The van der Waals surface area contributed by atoms with Crippen LogP contribution in [0.25, 0.3) is 0 Å². The third-order valence-electron chi connectivity index (χ3n) is 4.65. The standard InChI is InChI=1S/C14H27NO/c1-3-12-10-9-11(2)15(12)13-7-5-4-6-8-14(13)16/h11-14,16H,3-10H2,1-2H3. The summed E-state index contributed by atoms with van der Waals surface area (Å²) in [7, 11) is 0. The molecule has 0 aromatic rings. The second-order valence-corrected chi connectivity index (χ2v) is 5.71. The zero-order chi connectivity index (χ0) is 11.5. The number of rotatable bonds is 2.